The van der Waals surface area contributed by atoms with Gasteiger partial charge in [-0.25, -0.2) is 0 Å². The fourth-order valence-corrected chi connectivity index (χ4v) is 3.59. The van der Waals surface area contributed by atoms with Crippen molar-refractivity contribution in [2.24, 2.45) is 0 Å². The lowest BCUT2D eigenvalue weighted by molar-refractivity contribution is -0.140. The predicted octanol–water partition coefficient (Wildman–Crippen LogP) is 6.58. The van der Waals surface area contributed by atoms with E-state index in [1.165, 1.54) is 25.3 Å². The lowest BCUT2D eigenvalue weighted by Gasteiger charge is -2.07. The number of hydrogen-bond donors (Lipinski definition) is 2. The largest absolute Gasteiger partial charge is 0.469 e. The number of anilines is 2. The van der Waals surface area contributed by atoms with Gasteiger partial charge < -0.3 is 20.5 Å². The van der Waals surface area contributed by atoms with Crippen LogP contribution in [0.5, 0.6) is 0 Å². The van der Waals surface area contributed by atoms with Crippen LogP contribution in [0, 0.1) is 0 Å². The van der Waals surface area contributed by atoms with Crippen LogP contribution in [0.4, 0.5) is 11.4 Å². The van der Waals surface area contributed by atoms with Gasteiger partial charge in [0.15, 0.2) is 0 Å². The molecule has 0 fully saturated rings. The highest BCUT2D eigenvalue weighted by Gasteiger charge is 2.03. The molecule has 0 radical (unpaired) electrons. The van der Waals surface area contributed by atoms with E-state index >= 15 is 0 Å². The summed E-state index contributed by atoms with van der Waals surface area (Å²) < 4.78 is 9.20. The third-order valence-corrected chi connectivity index (χ3v) is 6.07. The van der Waals surface area contributed by atoms with Crippen molar-refractivity contribution in [2.75, 3.05) is 25.3 Å². The Morgan fingerprint density at radius 2 is 1.05 bits per heavy atom. The van der Waals surface area contributed by atoms with E-state index in [1.807, 2.05) is 109 Å². The molecule has 39 heavy (non-hydrogen) atoms. The summed E-state index contributed by atoms with van der Waals surface area (Å²) >= 11 is 3.35. The molecule has 0 saturated heterocycles. The zero-order valence-electron chi connectivity index (χ0n) is 22.3. The number of ether oxygens (including phenoxy) is 2. The lowest BCUT2D eigenvalue weighted by Crippen LogP contribution is -2.04. The highest BCUT2D eigenvalue weighted by Crippen LogP contribution is 2.11. The molecule has 4 rings (SSSR count). The van der Waals surface area contributed by atoms with E-state index < -0.39 is 0 Å². The van der Waals surface area contributed by atoms with Crippen LogP contribution in [0.15, 0.2) is 109 Å². The first-order chi connectivity index (χ1) is 18.9. The summed E-state index contributed by atoms with van der Waals surface area (Å²) in [6, 6.07) is 35.4. The molecule has 0 aliphatic rings. The van der Waals surface area contributed by atoms with E-state index in [-0.39, 0.29) is 11.9 Å². The molecule has 0 atom stereocenters. The van der Waals surface area contributed by atoms with Gasteiger partial charge in [0.25, 0.3) is 0 Å². The minimum Gasteiger partial charge on any atom is -0.469 e. The average Bonchev–Trinajstić information content (AvgIpc) is 2.98. The molecule has 0 saturated carbocycles. The number of benzene rings is 4. The normalized spacial score (nSPS) is 9.62. The van der Waals surface area contributed by atoms with Crippen LogP contribution in [0.2, 0.25) is 0 Å². The number of methoxy groups -OCH3 is 2. The monoisotopic (exact) mass is 590 g/mol. The number of para-hydroxylation sites is 2. The van der Waals surface area contributed by atoms with Crippen molar-refractivity contribution in [2.45, 2.75) is 24.7 Å². The zero-order valence-corrected chi connectivity index (χ0v) is 23.9. The first-order valence-electron chi connectivity index (χ1n) is 12.4. The van der Waals surface area contributed by atoms with Crippen LogP contribution in [0.1, 0.15) is 22.3 Å². The number of nitrogens with two attached hydrogens (primary N) is 1. The molecule has 3 N–H and O–H groups in total. The Kier molecular flexibility index (Phi) is 14.5. The van der Waals surface area contributed by atoms with E-state index in [4.69, 9.17) is 5.73 Å². The Balaban J connectivity index is 0.000000229. The maximum Gasteiger partial charge on any atom is 0.309 e. The molecular weight excluding hydrogens is 556 g/mol. The van der Waals surface area contributed by atoms with Gasteiger partial charge in [-0.3, -0.25) is 9.59 Å². The van der Waals surface area contributed by atoms with E-state index in [2.05, 4.69) is 30.7 Å². The zero-order chi connectivity index (χ0) is 28.3. The van der Waals surface area contributed by atoms with Gasteiger partial charge in [-0.2, -0.15) is 0 Å². The summed E-state index contributed by atoms with van der Waals surface area (Å²) in [5.41, 5.74) is 11.6. The second kappa shape index (κ2) is 18.2. The van der Waals surface area contributed by atoms with Gasteiger partial charge in [0.2, 0.25) is 0 Å². The summed E-state index contributed by atoms with van der Waals surface area (Å²) in [6.45, 7) is 0.766. The van der Waals surface area contributed by atoms with Gasteiger partial charge in [-0.05, 0) is 46.5 Å². The number of hydrogen-bond acceptors (Lipinski definition) is 6. The topological polar surface area (TPSA) is 90.6 Å². The molecule has 0 aromatic heterocycles. The van der Waals surface area contributed by atoms with Crippen molar-refractivity contribution < 1.29 is 19.1 Å². The molecular formula is C32H35BrN2O4. The van der Waals surface area contributed by atoms with Gasteiger partial charge >= 0.3 is 11.9 Å². The number of carbonyl (C=O) groups is 2. The smallest absolute Gasteiger partial charge is 0.309 e. The molecule has 0 heterocycles. The Hall–Kier alpha value is -4.10. The molecule has 0 bridgehead atoms. The SMILES string of the molecule is COC(=O)Cc1ccc(CBr)cc1.COC(=O)Cc1ccc(CNc2ccccc2)cc1.Nc1ccccc1. The first-order valence-corrected chi connectivity index (χ1v) is 13.5. The number of nitrogens with one attached hydrogen (secondary N) is 1. The second-order valence-electron chi connectivity index (χ2n) is 8.40. The Morgan fingerprint density at radius 1 is 0.641 bits per heavy atom. The summed E-state index contributed by atoms with van der Waals surface area (Å²) in [7, 11) is 2.80. The number of alkyl halides is 1. The Labute approximate surface area is 239 Å². The maximum atomic E-state index is 11.1. The summed E-state index contributed by atoms with van der Waals surface area (Å²) in [6.07, 6.45) is 0.669. The van der Waals surface area contributed by atoms with Crippen molar-refractivity contribution in [1.82, 2.24) is 0 Å². The number of carbonyl (C=O) groups excluding carboxylic acids is 2. The molecule has 4 aromatic rings. The average molecular weight is 592 g/mol. The molecule has 6 nitrogen and oxygen atoms in total. The van der Waals surface area contributed by atoms with Crippen molar-refractivity contribution in [3.8, 4) is 0 Å². The van der Waals surface area contributed by atoms with Crippen LogP contribution >= 0.6 is 15.9 Å². The molecule has 204 valence electrons. The van der Waals surface area contributed by atoms with Gasteiger partial charge in [0.05, 0.1) is 27.1 Å². The fourth-order valence-electron chi connectivity index (χ4n) is 3.21. The Bertz CT molecular complexity index is 1230. The fraction of sp³-hybridized carbons (Fsp3) is 0.188. The highest BCUT2D eigenvalue weighted by molar-refractivity contribution is 9.08. The summed E-state index contributed by atoms with van der Waals surface area (Å²) in [5, 5.41) is 4.18. The quantitative estimate of drug-likeness (QED) is 0.137. The summed E-state index contributed by atoms with van der Waals surface area (Å²) in [4.78, 5) is 22.0. The van der Waals surface area contributed by atoms with E-state index in [9.17, 15) is 9.59 Å². The lowest BCUT2D eigenvalue weighted by atomic mass is 10.1. The third kappa shape index (κ3) is 13.3. The molecule has 0 amide bonds. The number of nitrogen functional groups attached to an aromatic ring is 1. The maximum absolute atomic E-state index is 11.1. The van der Waals surface area contributed by atoms with Crippen LogP contribution in [0.25, 0.3) is 0 Å². The minimum absolute atomic E-state index is 0.202. The van der Waals surface area contributed by atoms with Crippen molar-refractivity contribution in [3.05, 3.63) is 131 Å². The van der Waals surface area contributed by atoms with Crippen LogP contribution in [-0.4, -0.2) is 26.2 Å². The predicted molar refractivity (Wildman–Crippen MR) is 162 cm³/mol. The number of esters is 2. The standard InChI is InChI=1S/C16H17NO2.C10H11BrO2.C6H7N/c1-19-16(18)11-13-7-9-14(10-8-13)12-17-15-5-3-2-4-6-15;1-13-10(12)6-8-2-4-9(7-11)5-3-8;7-6-4-2-1-3-5-6/h2-10,17H,11-12H2,1H3;2-5H,6-7H2,1H3;1-5H,7H2. The van der Waals surface area contributed by atoms with Crippen LogP contribution in [-0.2, 0) is 43.8 Å². The minimum atomic E-state index is -0.213. The molecule has 0 unspecified atom stereocenters. The second-order valence-corrected chi connectivity index (χ2v) is 8.96. The molecule has 4 aromatic carbocycles. The molecule has 7 heteroatoms. The summed E-state index contributed by atoms with van der Waals surface area (Å²) in [5.74, 6) is -0.415. The van der Waals surface area contributed by atoms with Crippen molar-refractivity contribution in [1.29, 1.82) is 0 Å². The third-order valence-electron chi connectivity index (χ3n) is 5.42. The number of halogens is 1. The first kappa shape index (κ1) is 31.1. The number of rotatable bonds is 8. The molecule has 0 spiro atoms. The van der Waals surface area contributed by atoms with Crippen LogP contribution in [0.3, 0.4) is 0 Å². The van der Waals surface area contributed by atoms with E-state index in [0.717, 1.165) is 34.4 Å². The van der Waals surface area contributed by atoms with Gasteiger partial charge in [0, 0.05) is 23.2 Å². The van der Waals surface area contributed by atoms with E-state index in [1.54, 1.807) is 0 Å². The van der Waals surface area contributed by atoms with E-state index in [0.29, 0.717) is 12.8 Å². The highest BCUT2D eigenvalue weighted by atomic mass is 79.9. The molecule has 0 aliphatic heterocycles. The van der Waals surface area contributed by atoms with Crippen molar-refractivity contribution in [3.63, 3.8) is 0 Å². The van der Waals surface area contributed by atoms with Gasteiger partial charge in [0.1, 0.15) is 0 Å². The Morgan fingerprint density at radius 3 is 1.44 bits per heavy atom. The van der Waals surface area contributed by atoms with Crippen molar-refractivity contribution >= 4 is 39.2 Å². The van der Waals surface area contributed by atoms with Gasteiger partial charge in [-0.15, -0.1) is 0 Å². The van der Waals surface area contributed by atoms with Crippen LogP contribution < -0.4 is 11.1 Å². The van der Waals surface area contributed by atoms with Gasteiger partial charge in [-0.1, -0.05) is 101 Å². The molecule has 0 aliphatic carbocycles.